The van der Waals surface area contributed by atoms with Gasteiger partial charge in [0, 0.05) is 3.57 Å². The molecule has 0 spiro atoms. The van der Waals surface area contributed by atoms with Gasteiger partial charge in [-0.15, -0.1) is 0 Å². The zero-order valence-corrected chi connectivity index (χ0v) is 13.7. The van der Waals surface area contributed by atoms with Crippen LogP contribution in [0.4, 0.5) is 5.69 Å². The smallest absolute Gasteiger partial charge is 0.237 e. The summed E-state index contributed by atoms with van der Waals surface area (Å²) in [6, 6.07) is 7.73. The summed E-state index contributed by atoms with van der Waals surface area (Å²) in [5.74, 6) is 2.58. The Morgan fingerprint density at radius 1 is 0.857 bits per heavy atom. The number of imide groups is 1. The lowest BCUT2D eigenvalue weighted by Crippen LogP contribution is -2.43. The summed E-state index contributed by atoms with van der Waals surface area (Å²) in [5, 5.41) is 0. The lowest BCUT2D eigenvalue weighted by Gasteiger charge is -2.42. The third-order valence-electron chi connectivity index (χ3n) is 6.23. The van der Waals surface area contributed by atoms with Crippen LogP contribution in [0.25, 0.3) is 0 Å². The minimum absolute atomic E-state index is 0.0146. The van der Waals surface area contributed by atoms with Crippen molar-refractivity contribution >= 4 is 40.1 Å². The highest BCUT2D eigenvalue weighted by atomic mass is 127. The van der Waals surface area contributed by atoms with E-state index in [1.54, 1.807) is 0 Å². The van der Waals surface area contributed by atoms with E-state index < -0.39 is 0 Å². The minimum atomic E-state index is -0.0146. The van der Waals surface area contributed by atoms with Crippen molar-refractivity contribution in [1.29, 1.82) is 0 Å². The quantitative estimate of drug-likeness (QED) is 0.543. The zero-order valence-electron chi connectivity index (χ0n) is 11.5. The van der Waals surface area contributed by atoms with Crippen molar-refractivity contribution in [1.82, 2.24) is 0 Å². The highest BCUT2D eigenvalue weighted by Crippen LogP contribution is 2.68. The number of rotatable bonds is 1. The first-order valence-electron chi connectivity index (χ1n) is 7.80. The van der Waals surface area contributed by atoms with Gasteiger partial charge in [-0.1, -0.05) is 0 Å². The molecule has 5 fully saturated rings. The summed E-state index contributed by atoms with van der Waals surface area (Å²) < 4.78 is 1.12. The minimum Gasteiger partial charge on any atom is -0.274 e. The van der Waals surface area contributed by atoms with Crippen LogP contribution >= 0.6 is 22.6 Å². The Bertz CT molecular complexity index is 621. The highest BCUT2D eigenvalue weighted by Gasteiger charge is 2.68. The number of amides is 2. The van der Waals surface area contributed by atoms with Crippen LogP contribution in [0.3, 0.4) is 0 Å². The van der Waals surface area contributed by atoms with Crippen LogP contribution in [0.5, 0.6) is 0 Å². The van der Waals surface area contributed by atoms with Gasteiger partial charge in [0.15, 0.2) is 0 Å². The molecule has 4 aliphatic carbocycles. The average molecular weight is 393 g/mol. The Morgan fingerprint density at radius 3 is 1.90 bits per heavy atom. The van der Waals surface area contributed by atoms with Crippen LogP contribution in [0.15, 0.2) is 24.3 Å². The third-order valence-corrected chi connectivity index (χ3v) is 6.95. The van der Waals surface area contributed by atoms with Crippen molar-refractivity contribution < 1.29 is 9.59 Å². The fourth-order valence-electron chi connectivity index (χ4n) is 5.38. The maximum Gasteiger partial charge on any atom is 0.237 e. The summed E-state index contributed by atoms with van der Waals surface area (Å²) >= 11 is 2.24. The van der Waals surface area contributed by atoms with Crippen molar-refractivity contribution in [2.75, 3.05) is 4.90 Å². The van der Waals surface area contributed by atoms with E-state index in [1.807, 2.05) is 24.3 Å². The lowest BCUT2D eigenvalue weighted by molar-refractivity contribution is -0.129. The molecule has 6 rings (SSSR count). The van der Waals surface area contributed by atoms with Gasteiger partial charge in [-0.3, -0.25) is 14.5 Å². The molecule has 4 saturated carbocycles. The van der Waals surface area contributed by atoms with Crippen molar-refractivity contribution in [2.45, 2.75) is 19.3 Å². The Balaban J connectivity index is 1.57. The van der Waals surface area contributed by atoms with Crippen LogP contribution in [0, 0.1) is 39.1 Å². The summed E-state index contributed by atoms with van der Waals surface area (Å²) in [6.45, 7) is 0. The molecule has 0 N–H and O–H groups in total. The first kappa shape index (κ1) is 12.6. The van der Waals surface area contributed by atoms with Gasteiger partial charge >= 0.3 is 0 Å². The molecule has 2 amide bonds. The molecule has 1 aliphatic heterocycles. The molecule has 3 nitrogen and oxygen atoms in total. The van der Waals surface area contributed by atoms with Gasteiger partial charge in [0.2, 0.25) is 11.8 Å². The zero-order chi connectivity index (χ0) is 14.3. The molecule has 108 valence electrons. The lowest BCUT2D eigenvalue weighted by atomic mass is 9.59. The normalized spacial score (nSPS) is 43.0. The number of benzene rings is 1. The molecule has 6 atom stereocenters. The largest absolute Gasteiger partial charge is 0.274 e. The van der Waals surface area contributed by atoms with E-state index in [0.29, 0.717) is 11.8 Å². The number of halogens is 1. The van der Waals surface area contributed by atoms with E-state index >= 15 is 0 Å². The Morgan fingerprint density at radius 2 is 1.38 bits per heavy atom. The molecule has 1 heterocycles. The molecule has 2 bridgehead atoms. The standard InChI is InChI=1S/C17H16INO2/c18-8-1-3-9(4-2-8)19-16(20)14-10-5-6-11(13-7-12(10)13)15(14)17(19)21/h1-4,10-15H,5-7H2/t10-,11+,12-,13+,14-,15+. The third kappa shape index (κ3) is 1.54. The number of carbonyl (C=O) groups is 2. The Labute approximate surface area is 137 Å². The summed E-state index contributed by atoms with van der Waals surface area (Å²) in [5.41, 5.74) is 0.757. The highest BCUT2D eigenvalue weighted by molar-refractivity contribution is 14.1. The van der Waals surface area contributed by atoms with Gasteiger partial charge in [0.05, 0.1) is 17.5 Å². The van der Waals surface area contributed by atoms with Gasteiger partial charge in [0.25, 0.3) is 0 Å². The van der Waals surface area contributed by atoms with Crippen LogP contribution < -0.4 is 4.90 Å². The fraction of sp³-hybridized carbons (Fsp3) is 0.529. The van der Waals surface area contributed by atoms with Crippen LogP contribution in [0.1, 0.15) is 19.3 Å². The Hall–Kier alpha value is -0.910. The summed E-state index contributed by atoms with van der Waals surface area (Å²) in [6.07, 6.45) is 3.59. The molecular weight excluding hydrogens is 377 g/mol. The maximum atomic E-state index is 12.9. The van der Waals surface area contributed by atoms with E-state index in [9.17, 15) is 9.59 Å². The van der Waals surface area contributed by atoms with E-state index in [-0.39, 0.29) is 23.7 Å². The molecule has 1 saturated heterocycles. The number of carbonyl (C=O) groups excluding carboxylic acids is 2. The van der Waals surface area contributed by atoms with E-state index in [2.05, 4.69) is 22.6 Å². The monoisotopic (exact) mass is 393 g/mol. The summed E-state index contributed by atoms with van der Waals surface area (Å²) in [4.78, 5) is 27.3. The van der Waals surface area contributed by atoms with Gasteiger partial charge in [-0.05, 0) is 89.8 Å². The molecule has 0 unspecified atom stereocenters. The van der Waals surface area contributed by atoms with Crippen LogP contribution in [-0.2, 0) is 9.59 Å². The molecule has 0 radical (unpaired) electrons. The molecule has 1 aromatic rings. The summed E-state index contributed by atoms with van der Waals surface area (Å²) in [7, 11) is 0. The second-order valence-corrected chi connectivity index (χ2v) is 8.25. The number of fused-ring (bicyclic) bond motifs is 1. The van der Waals surface area contributed by atoms with E-state index in [1.165, 1.54) is 11.3 Å². The van der Waals surface area contributed by atoms with Crippen LogP contribution in [-0.4, -0.2) is 11.8 Å². The van der Waals surface area contributed by atoms with Gasteiger partial charge < -0.3 is 0 Å². The van der Waals surface area contributed by atoms with Crippen molar-refractivity contribution in [3.05, 3.63) is 27.8 Å². The van der Waals surface area contributed by atoms with E-state index in [4.69, 9.17) is 0 Å². The molecule has 0 aromatic heterocycles. The molecule has 5 aliphatic rings. The van der Waals surface area contributed by atoms with Crippen molar-refractivity contribution in [3.8, 4) is 0 Å². The molecular formula is C17H16INO2. The van der Waals surface area contributed by atoms with Crippen LogP contribution in [0.2, 0.25) is 0 Å². The van der Waals surface area contributed by atoms with Crippen molar-refractivity contribution in [2.24, 2.45) is 35.5 Å². The SMILES string of the molecule is O=C1[C@@H]2[C@@H]3CC[C@@H]([C@@H]4C[C@@H]43)[C@@H]2C(=O)N1c1ccc(I)cc1. The first-order valence-corrected chi connectivity index (χ1v) is 8.88. The molecule has 4 heteroatoms. The first-order chi connectivity index (χ1) is 10.2. The molecule has 21 heavy (non-hydrogen) atoms. The number of nitrogens with zero attached hydrogens (tertiary/aromatic N) is 1. The molecule has 1 aromatic carbocycles. The predicted molar refractivity (Wildman–Crippen MR) is 86.4 cm³/mol. The van der Waals surface area contributed by atoms with Gasteiger partial charge in [-0.25, -0.2) is 0 Å². The Kier molecular flexibility index (Phi) is 2.46. The average Bonchev–Trinajstić information content (AvgIpc) is 3.26. The second kappa shape index (κ2) is 4.09. The number of hydrogen-bond acceptors (Lipinski definition) is 2. The topological polar surface area (TPSA) is 37.4 Å². The van der Waals surface area contributed by atoms with Crippen molar-refractivity contribution in [3.63, 3.8) is 0 Å². The fourth-order valence-corrected chi connectivity index (χ4v) is 5.74. The maximum absolute atomic E-state index is 12.9. The van der Waals surface area contributed by atoms with E-state index in [0.717, 1.165) is 33.9 Å². The van der Waals surface area contributed by atoms with Gasteiger partial charge in [0.1, 0.15) is 0 Å². The van der Waals surface area contributed by atoms with Gasteiger partial charge in [-0.2, -0.15) is 0 Å². The predicted octanol–water partition coefficient (Wildman–Crippen LogP) is 3.07. The number of hydrogen-bond donors (Lipinski definition) is 0. The number of anilines is 1. The second-order valence-electron chi connectivity index (χ2n) is 7.01.